The quantitative estimate of drug-likeness (QED) is 0.801. The number of anilines is 1. The lowest BCUT2D eigenvalue weighted by molar-refractivity contribution is -0.143. The van der Waals surface area contributed by atoms with Crippen LogP contribution in [0.25, 0.3) is 0 Å². The normalized spacial score (nSPS) is 20.4. The van der Waals surface area contributed by atoms with Crippen molar-refractivity contribution in [2.45, 2.75) is 32.3 Å². The van der Waals surface area contributed by atoms with Crippen molar-refractivity contribution in [3.8, 4) is 5.75 Å². The summed E-state index contributed by atoms with van der Waals surface area (Å²) < 4.78 is 5.35. The standard InChI is InChI=1S/C22H28N4O3/c1-3-16-11-23-21(24-12-16)26-14-22(15-26,20(28)25-8-7-18(27)13-25)10-17-5-4-6-19(9-17)29-2/h4-6,9,11-12,18,27H,3,7-8,10,13-15H2,1-2H3. The zero-order valence-electron chi connectivity index (χ0n) is 17.0. The summed E-state index contributed by atoms with van der Waals surface area (Å²) in [6.07, 6.45) is 5.45. The number of hydrogen-bond acceptors (Lipinski definition) is 6. The van der Waals surface area contributed by atoms with Gasteiger partial charge in [0.15, 0.2) is 0 Å². The Bertz CT molecular complexity index is 865. The van der Waals surface area contributed by atoms with Crippen LogP contribution in [0.5, 0.6) is 5.75 Å². The van der Waals surface area contributed by atoms with Gasteiger partial charge in [-0.1, -0.05) is 19.1 Å². The van der Waals surface area contributed by atoms with Crippen LogP contribution in [0.15, 0.2) is 36.7 Å². The van der Waals surface area contributed by atoms with Crippen molar-refractivity contribution in [1.82, 2.24) is 14.9 Å². The van der Waals surface area contributed by atoms with Crippen molar-refractivity contribution in [3.63, 3.8) is 0 Å². The predicted molar refractivity (Wildman–Crippen MR) is 110 cm³/mol. The zero-order chi connectivity index (χ0) is 20.4. The molecule has 154 valence electrons. The number of aromatic nitrogens is 2. The number of methoxy groups -OCH3 is 1. The number of aliphatic hydroxyl groups is 1. The van der Waals surface area contributed by atoms with Crippen LogP contribution >= 0.6 is 0 Å². The van der Waals surface area contributed by atoms with Crippen LogP contribution in [0.2, 0.25) is 0 Å². The van der Waals surface area contributed by atoms with E-state index >= 15 is 0 Å². The molecule has 1 amide bonds. The Labute approximate surface area is 171 Å². The number of carbonyl (C=O) groups is 1. The third-order valence-corrected chi connectivity index (χ3v) is 5.95. The molecular formula is C22H28N4O3. The minimum absolute atomic E-state index is 0.110. The van der Waals surface area contributed by atoms with Crippen LogP contribution in [-0.2, 0) is 17.6 Å². The minimum atomic E-state index is -0.538. The molecule has 0 saturated carbocycles. The van der Waals surface area contributed by atoms with E-state index < -0.39 is 11.5 Å². The second-order valence-electron chi connectivity index (χ2n) is 8.10. The molecule has 1 unspecified atom stereocenters. The van der Waals surface area contributed by atoms with E-state index in [1.54, 1.807) is 7.11 Å². The van der Waals surface area contributed by atoms with Gasteiger partial charge in [-0.05, 0) is 42.5 Å². The highest BCUT2D eigenvalue weighted by molar-refractivity contribution is 5.86. The molecular weight excluding hydrogens is 368 g/mol. The smallest absolute Gasteiger partial charge is 0.232 e. The van der Waals surface area contributed by atoms with Crippen LogP contribution in [0.1, 0.15) is 24.5 Å². The van der Waals surface area contributed by atoms with Gasteiger partial charge >= 0.3 is 0 Å². The molecule has 7 nitrogen and oxygen atoms in total. The number of ether oxygens (including phenoxy) is 1. The number of aliphatic hydroxyl groups excluding tert-OH is 1. The topological polar surface area (TPSA) is 78.8 Å². The SMILES string of the molecule is CCc1cnc(N2CC(Cc3cccc(OC)c3)(C(=O)N3CCC(O)C3)C2)nc1. The molecule has 0 spiro atoms. The maximum Gasteiger partial charge on any atom is 0.232 e. The second kappa shape index (κ2) is 7.99. The summed E-state index contributed by atoms with van der Waals surface area (Å²) in [5.41, 5.74) is 1.63. The lowest BCUT2D eigenvalue weighted by atomic mass is 9.73. The van der Waals surface area contributed by atoms with Gasteiger partial charge in [0.2, 0.25) is 11.9 Å². The average molecular weight is 396 g/mol. The first-order chi connectivity index (χ1) is 14.0. The van der Waals surface area contributed by atoms with E-state index in [1.807, 2.05) is 41.6 Å². The zero-order valence-corrected chi connectivity index (χ0v) is 17.0. The number of hydrogen-bond donors (Lipinski definition) is 1. The molecule has 3 heterocycles. The fourth-order valence-electron chi connectivity index (χ4n) is 4.28. The molecule has 7 heteroatoms. The van der Waals surface area contributed by atoms with Crippen molar-refractivity contribution in [3.05, 3.63) is 47.8 Å². The highest BCUT2D eigenvalue weighted by atomic mass is 16.5. The minimum Gasteiger partial charge on any atom is -0.497 e. The second-order valence-corrected chi connectivity index (χ2v) is 8.10. The Balaban J connectivity index is 1.55. The first-order valence-electron chi connectivity index (χ1n) is 10.2. The van der Waals surface area contributed by atoms with Gasteiger partial charge in [0, 0.05) is 38.6 Å². The lowest BCUT2D eigenvalue weighted by Crippen LogP contribution is -2.65. The summed E-state index contributed by atoms with van der Waals surface area (Å²) in [4.78, 5) is 26.3. The molecule has 0 aliphatic carbocycles. The van der Waals surface area contributed by atoms with Gasteiger partial charge in [0.25, 0.3) is 0 Å². The Hall–Kier alpha value is -2.67. The molecule has 2 aliphatic heterocycles. The summed E-state index contributed by atoms with van der Waals surface area (Å²) in [6, 6.07) is 7.88. The van der Waals surface area contributed by atoms with Gasteiger partial charge in [-0.2, -0.15) is 0 Å². The maximum atomic E-state index is 13.4. The van der Waals surface area contributed by atoms with E-state index in [4.69, 9.17) is 4.74 Å². The molecule has 2 aromatic rings. The van der Waals surface area contributed by atoms with E-state index in [-0.39, 0.29) is 5.91 Å². The van der Waals surface area contributed by atoms with Gasteiger partial charge in [0.05, 0.1) is 18.6 Å². The molecule has 1 N–H and O–H groups in total. The van der Waals surface area contributed by atoms with Gasteiger partial charge < -0.3 is 19.6 Å². The number of rotatable bonds is 6. The molecule has 1 atom stereocenters. The summed E-state index contributed by atoms with van der Waals surface area (Å²) in [5.74, 6) is 1.56. The van der Waals surface area contributed by atoms with E-state index in [9.17, 15) is 9.90 Å². The Morgan fingerprint density at radius 2 is 2.03 bits per heavy atom. The highest BCUT2D eigenvalue weighted by Crippen LogP contribution is 2.39. The number of β-amino-alcohol motifs (C(OH)–C–C–N with tert-alkyl or cyclic N) is 1. The Morgan fingerprint density at radius 1 is 1.28 bits per heavy atom. The summed E-state index contributed by atoms with van der Waals surface area (Å²) in [5, 5.41) is 9.90. The van der Waals surface area contributed by atoms with Gasteiger partial charge in [-0.15, -0.1) is 0 Å². The number of carbonyl (C=O) groups excluding carboxylic acids is 1. The molecule has 2 saturated heterocycles. The van der Waals surface area contributed by atoms with Crippen LogP contribution in [0, 0.1) is 5.41 Å². The highest BCUT2D eigenvalue weighted by Gasteiger charge is 2.52. The summed E-state index contributed by atoms with van der Waals surface area (Å²) in [7, 11) is 1.65. The van der Waals surface area contributed by atoms with Crippen molar-refractivity contribution < 1.29 is 14.6 Å². The van der Waals surface area contributed by atoms with Crippen molar-refractivity contribution in [2.75, 3.05) is 38.2 Å². The fourth-order valence-corrected chi connectivity index (χ4v) is 4.28. The van der Waals surface area contributed by atoms with Gasteiger partial charge in [-0.25, -0.2) is 9.97 Å². The fraction of sp³-hybridized carbons (Fsp3) is 0.500. The third kappa shape index (κ3) is 3.92. The van der Waals surface area contributed by atoms with Crippen LogP contribution < -0.4 is 9.64 Å². The first-order valence-corrected chi connectivity index (χ1v) is 10.2. The van der Waals surface area contributed by atoms with Crippen molar-refractivity contribution >= 4 is 11.9 Å². The number of amides is 1. The number of aryl methyl sites for hydroxylation is 1. The molecule has 29 heavy (non-hydrogen) atoms. The van der Waals surface area contributed by atoms with E-state index in [1.165, 1.54) is 0 Å². The third-order valence-electron chi connectivity index (χ3n) is 5.95. The van der Waals surface area contributed by atoms with E-state index in [0.717, 1.165) is 23.3 Å². The van der Waals surface area contributed by atoms with Crippen LogP contribution in [0.3, 0.4) is 0 Å². The molecule has 0 bridgehead atoms. The predicted octanol–water partition coefficient (Wildman–Crippen LogP) is 1.69. The maximum absolute atomic E-state index is 13.4. The lowest BCUT2D eigenvalue weighted by Gasteiger charge is -2.50. The molecule has 0 radical (unpaired) electrons. The van der Waals surface area contributed by atoms with Crippen molar-refractivity contribution in [1.29, 1.82) is 0 Å². The van der Waals surface area contributed by atoms with Crippen LogP contribution in [0.4, 0.5) is 5.95 Å². The molecule has 2 aliphatic rings. The molecule has 2 fully saturated rings. The molecule has 4 rings (SSSR count). The largest absolute Gasteiger partial charge is 0.497 e. The van der Waals surface area contributed by atoms with Gasteiger partial charge in [-0.3, -0.25) is 4.79 Å². The Kier molecular flexibility index (Phi) is 5.41. The van der Waals surface area contributed by atoms with E-state index in [2.05, 4.69) is 21.8 Å². The number of benzene rings is 1. The van der Waals surface area contributed by atoms with Gasteiger partial charge in [0.1, 0.15) is 5.75 Å². The Morgan fingerprint density at radius 3 is 2.66 bits per heavy atom. The number of likely N-dealkylation sites (tertiary alicyclic amines) is 1. The average Bonchev–Trinajstić information content (AvgIpc) is 3.16. The summed E-state index contributed by atoms with van der Waals surface area (Å²) in [6.45, 7) is 4.24. The monoisotopic (exact) mass is 396 g/mol. The van der Waals surface area contributed by atoms with Crippen LogP contribution in [-0.4, -0.2) is 65.3 Å². The first kappa shape index (κ1) is 19.6. The number of nitrogens with zero attached hydrogens (tertiary/aromatic N) is 4. The summed E-state index contributed by atoms with van der Waals surface area (Å²) >= 11 is 0. The van der Waals surface area contributed by atoms with E-state index in [0.29, 0.717) is 45.0 Å². The van der Waals surface area contributed by atoms with Crippen molar-refractivity contribution in [2.24, 2.45) is 5.41 Å². The molecule has 1 aromatic carbocycles. The molecule has 1 aromatic heterocycles.